The van der Waals surface area contributed by atoms with Crippen LogP contribution in [0.5, 0.6) is 0 Å². The van der Waals surface area contributed by atoms with Crippen LogP contribution in [0.3, 0.4) is 0 Å². The molecule has 0 heterocycles. The van der Waals surface area contributed by atoms with E-state index in [9.17, 15) is 14.4 Å². The maximum atomic E-state index is 13.2. The molecule has 0 rings (SSSR count). The van der Waals surface area contributed by atoms with E-state index in [0.717, 1.165) is 38.8 Å². The molecule has 0 spiro atoms. The van der Waals surface area contributed by atoms with Gasteiger partial charge in [-0.3, -0.25) is 9.59 Å². The molecule has 0 aliphatic carbocycles. The molecule has 1 atom stereocenters. The van der Waals surface area contributed by atoms with Crippen molar-refractivity contribution in [3.63, 3.8) is 0 Å². The van der Waals surface area contributed by atoms with E-state index in [4.69, 9.17) is 4.74 Å². The summed E-state index contributed by atoms with van der Waals surface area (Å²) in [5.41, 5.74) is 3.25. The lowest BCUT2D eigenvalue weighted by molar-refractivity contribution is -0.401. The van der Waals surface area contributed by atoms with E-state index in [1.54, 1.807) is 20.8 Å². The number of allylic oxidation sites excluding steroid dienone is 2. The maximum absolute atomic E-state index is 13.2. The van der Waals surface area contributed by atoms with Crippen LogP contribution < -0.4 is 16.4 Å². The molecule has 1 unspecified atom stereocenters. The third-order valence-corrected chi connectivity index (χ3v) is 9.75. The summed E-state index contributed by atoms with van der Waals surface area (Å²) in [6.07, 6.45) is 40.2. The van der Waals surface area contributed by atoms with E-state index in [0.29, 0.717) is 0 Å². The van der Waals surface area contributed by atoms with Gasteiger partial charge in [-0.1, -0.05) is 167 Å². The topological polar surface area (TPSA) is 115 Å². The van der Waals surface area contributed by atoms with Gasteiger partial charge in [0.1, 0.15) is 5.60 Å². The van der Waals surface area contributed by atoms with Crippen LogP contribution in [-0.2, 0) is 14.3 Å². The Bertz CT molecular complexity index is 873. The lowest BCUT2D eigenvalue weighted by atomic mass is 10.0. The molecule has 0 aliphatic heterocycles. The number of amides is 3. The monoisotopic (exact) mass is 736 g/mol. The van der Waals surface area contributed by atoms with Crippen molar-refractivity contribution in [3.05, 3.63) is 12.2 Å². The Morgan fingerprint density at radius 1 is 0.577 bits per heavy atom. The number of ether oxygens (including phenoxy) is 1. The van der Waals surface area contributed by atoms with E-state index < -0.39 is 17.7 Å². The summed E-state index contributed by atoms with van der Waals surface area (Å²) in [5.74, 6) is -0.388. The highest BCUT2D eigenvalue weighted by Gasteiger charge is 2.22. The number of carbonyl (C=O) groups excluding carboxylic acids is 3. The zero-order chi connectivity index (χ0) is 38.5. The van der Waals surface area contributed by atoms with E-state index in [1.165, 1.54) is 154 Å². The van der Waals surface area contributed by atoms with Gasteiger partial charge in [0.2, 0.25) is 5.91 Å². The van der Waals surface area contributed by atoms with E-state index >= 15 is 0 Å². The standard InChI is InChI=1S/C44H86N4O4/c1-6-8-10-12-14-16-18-20-22-23-25-27-29-31-33-35-37-48(36-34-32-30-28-26-24-21-19-17-15-13-11-9-7-2)41(49)39-46-42(50)40(45)38-47-43(51)52-44(3,4)5/h20,22,40H,6-19,21,23-39,45H2,1-5H3,(H,46,50)(H,47,51)/p+1/b22-20-. The summed E-state index contributed by atoms with van der Waals surface area (Å²) in [6.45, 7) is 11.4. The van der Waals surface area contributed by atoms with Crippen molar-refractivity contribution in [1.29, 1.82) is 0 Å². The highest BCUT2D eigenvalue weighted by atomic mass is 16.6. The molecular formula is C44H87N4O4+. The van der Waals surface area contributed by atoms with Gasteiger partial charge in [-0.05, 0) is 59.3 Å². The lowest BCUT2D eigenvalue weighted by Gasteiger charge is -2.23. The van der Waals surface area contributed by atoms with Gasteiger partial charge >= 0.3 is 6.09 Å². The van der Waals surface area contributed by atoms with Crippen LogP contribution in [0, 0.1) is 0 Å². The van der Waals surface area contributed by atoms with Crippen molar-refractivity contribution >= 4 is 17.9 Å². The summed E-state index contributed by atoms with van der Waals surface area (Å²) in [7, 11) is 0. The molecule has 0 bridgehead atoms. The largest absolute Gasteiger partial charge is 0.444 e. The predicted molar refractivity (Wildman–Crippen MR) is 220 cm³/mol. The fourth-order valence-corrected chi connectivity index (χ4v) is 6.44. The van der Waals surface area contributed by atoms with E-state index in [2.05, 4.69) is 42.4 Å². The SMILES string of the molecule is CCCCCCCC/C=C\CCCCCCCCN(CCCCCCCCCCCCCCCC)C(=O)CNC(=O)C([NH3+])CNC(=O)OC(C)(C)C. The molecule has 8 nitrogen and oxygen atoms in total. The first kappa shape index (κ1) is 49.9. The third-order valence-electron chi connectivity index (χ3n) is 9.75. The minimum Gasteiger partial charge on any atom is -0.444 e. The number of nitrogens with zero attached hydrogens (tertiary/aromatic N) is 1. The van der Waals surface area contributed by atoms with Crippen LogP contribution in [0.25, 0.3) is 0 Å². The van der Waals surface area contributed by atoms with Crippen LogP contribution in [0.2, 0.25) is 0 Å². The molecule has 5 N–H and O–H groups in total. The molecule has 0 aliphatic rings. The highest BCUT2D eigenvalue weighted by Crippen LogP contribution is 2.14. The minimum absolute atomic E-state index is 0.0388. The van der Waals surface area contributed by atoms with Crippen molar-refractivity contribution < 1.29 is 24.9 Å². The smallest absolute Gasteiger partial charge is 0.407 e. The molecule has 0 saturated carbocycles. The number of unbranched alkanes of at least 4 members (excludes halogenated alkanes) is 25. The van der Waals surface area contributed by atoms with Crippen LogP contribution >= 0.6 is 0 Å². The first-order valence-corrected chi connectivity index (χ1v) is 22.1. The van der Waals surface area contributed by atoms with Crippen molar-refractivity contribution in [2.75, 3.05) is 26.2 Å². The minimum atomic E-state index is -0.713. The number of carbonyl (C=O) groups is 3. The van der Waals surface area contributed by atoms with Gasteiger partial charge in [0, 0.05) is 13.1 Å². The first-order chi connectivity index (χ1) is 25.1. The Morgan fingerprint density at radius 2 is 0.942 bits per heavy atom. The number of hydrogen-bond donors (Lipinski definition) is 3. The normalized spacial score (nSPS) is 12.3. The van der Waals surface area contributed by atoms with Crippen molar-refractivity contribution in [2.45, 2.75) is 226 Å². The summed E-state index contributed by atoms with van der Waals surface area (Å²) in [5, 5.41) is 5.34. The van der Waals surface area contributed by atoms with Gasteiger partial charge in [0.25, 0.3) is 5.91 Å². The molecule has 0 aromatic heterocycles. The molecule has 3 amide bonds. The van der Waals surface area contributed by atoms with Crippen LogP contribution in [0.4, 0.5) is 4.79 Å². The van der Waals surface area contributed by atoms with Crippen LogP contribution in [0.1, 0.15) is 214 Å². The Balaban J connectivity index is 4.41. The van der Waals surface area contributed by atoms with Gasteiger partial charge in [0.05, 0.1) is 13.1 Å². The fourth-order valence-electron chi connectivity index (χ4n) is 6.44. The second-order valence-electron chi connectivity index (χ2n) is 16.2. The second kappa shape index (κ2) is 35.9. The zero-order valence-corrected chi connectivity index (χ0v) is 35.1. The van der Waals surface area contributed by atoms with E-state index in [-0.39, 0.29) is 24.9 Å². The summed E-state index contributed by atoms with van der Waals surface area (Å²) >= 11 is 0. The summed E-state index contributed by atoms with van der Waals surface area (Å²) < 4.78 is 5.23. The molecule has 0 radical (unpaired) electrons. The Hall–Kier alpha value is -2.09. The molecule has 8 heteroatoms. The number of hydrogen-bond acceptors (Lipinski definition) is 4. The molecule has 0 saturated heterocycles. The molecule has 0 aromatic rings. The average Bonchev–Trinajstić information content (AvgIpc) is 3.10. The summed E-state index contributed by atoms with van der Waals surface area (Å²) in [4.78, 5) is 39.8. The van der Waals surface area contributed by atoms with Crippen molar-refractivity contribution in [2.24, 2.45) is 0 Å². The van der Waals surface area contributed by atoms with E-state index in [1.807, 2.05) is 4.90 Å². The predicted octanol–water partition coefficient (Wildman–Crippen LogP) is 10.6. The van der Waals surface area contributed by atoms with Crippen molar-refractivity contribution in [3.8, 4) is 0 Å². The second-order valence-corrected chi connectivity index (χ2v) is 16.2. The number of rotatable bonds is 36. The van der Waals surface area contributed by atoms with Gasteiger partial charge in [-0.2, -0.15) is 0 Å². The highest BCUT2D eigenvalue weighted by molar-refractivity contribution is 5.87. The number of nitrogens with one attached hydrogen (secondary N) is 2. The first-order valence-electron chi connectivity index (χ1n) is 22.1. The fraction of sp³-hybridized carbons (Fsp3) is 0.886. The quantitative estimate of drug-likeness (QED) is 0.0439. The van der Waals surface area contributed by atoms with Gasteiger partial charge in [-0.25, -0.2) is 4.79 Å². The van der Waals surface area contributed by atoms with Gasteiger partial charge in [0.15, 0.2) is 6.04 Å². The number of quaternary nitrogens is 1. The lowest BCUT2D eigenvalue weighted by Crippen LogP contribution is -2.71. The van der Waals surface area contributed by atoms with Crippen molar-refractivity contribution in [1.82, 2.24) is 15.5 Å². The molecule has 0 aromatic carbocycles. The molecule has 306 valence electrons. The third kappa shape index (κ3) is 35.0. The molecule has 52 heavy (non-hydrogen) atoms. The summed E-state index contributed by atoms with van der Waals surface area (Å²) in [6, 6.07) is -0.713. The zero-order valence-electron chi connectivity index (χ0n) is 35.1. The Kier molecular flexibility index (Phi) is 34.5. The van der Waals surface area contributed by atoms with Crippen LogP contribution in [-0.4, -0.2) is 60.6 Å². The molecule has 0 fully saturated rings. The average molecular weight is 736 g/mol. The maximum Gasteiger partial charge on any atom is 0.407 e. The van der Waals surface area contributed by atoms with Crippen LogP contribution in [0.15, 0.2) is 12.2 Å². The van der Waals surface area contributed by atoms with Gasteiger partial charge in [-0.15, -0.1) is 0 Å². The number of alkyl carbamates (subject to hydrolysis) is 1. The molecular weight excluding hydrogens is 649 g/mol. The van der Waals surface area contributed by atoms with Gasteiger partial charge < -0.3 is 26.0 Å². The Labute approximate surface area is 322 Å². The Morgan fingerprint density at radius 3 is 1.33 bits per heavy atom.